The van der Waals surface area contributed by atoms with Gasteiger partial charge in [0.1, 0.15) is 18.0 Å². The second-order valence-corrected chi connectivity index (χ2v) is 9.92. The molecule has 9 nitrogen and oxygen atoms in total. The Morgan fingerprint density at radius 3 is 2.66 bits per heavy atom. The lowest BCUT2D eigenvalue weighted by Crippen LogP contribution is -2.20. The predicted molar refractivity (Wildman–Crippen MR) is 156 cm³/mol. The van der Waals surface area contributed by atoms with E-state index in [4.69, 9.17) is 9.15 Å². The molecule has 202 valence electrons. The number of halogens is 2. The molecule has 6 aromatic rings. The fraction of sp³-hybridized carbons (Fsp3) is 0.0333. The van der Waals surface area contributed by atoms with Gasteiger partial charge in [-0.15, -0.1) is 0 Å². The first-order valence-electron chi connectivity index (χ1n) is 12.3. The van der Waals surface area contributed by atoms with Crippen molar-refractivity contribution in [1.82, 2.24) is 9.66 Å². The fourth-order valence-electron chi connectivity index (χ4n) is 4.26. The molecule has 0 radical (unpaired) electrons. The minimum absolute atomic E-state index is 0.0180. The van der Waals surface area contributed by atoms with Crippen molar-refractivity contribution in [3.8, 4) is 17.3 Å². The number of furan rings is 1. The Morgan fingerprint density at radius 2 is 1.85 bits per heavy atom. The first-order chi connectivity index (χ1) is 19.9. The maximum Gasteiger partial charge on any atom is 0.311 e. The Balaban J connectivity index is 1.38. The quantitative estimate of drug-likeness (QED) is 0.108. The first-order valence-corrected chi connectivity index (χ1v) is 13.1. The number of hydrogen-bond donors (Lipinski definition) is 0. The minimum Gasteiger partial charge on any atom is -0.482 e. The number of hydrogen-bond acceptors (Lipinski definition) is 7. The first kappa shape index (κ1) is 26.1. The Bertz CT molecular complexity index is 2040. The number of aromatic nitrogens is 2. The molecule has 0 saturated heterocycles. The van der Waals surface area contributed by atoms with Crippen LogP contribution < -0.4 is 10.3 Å². The van der Waals surface area contributed by atoms with Crippen LogP contribution >= 0.6 is 15.9 Å². The third-order valence-corrected chi connectivity index (χ3v) is 6.76. The molecular formula is C30H18BrFN4O5. The SMILES string of the molecule is O=c1c2ccccc2nc(-c2cc3cc(Br)ccc3o2)n1N=Cc1ccc(OCc2ccc(F)cc2)c([N+](=O)[O-])c1. The van der Waals surface area contributed by atoms with E-state index in [-0.39, 0.29) is 29.7 Å². The van der Waals surface area contributed by atoms with Crippen LogP contribution in [0.4, 0.5) is 10.1 Å². The van der Waals surface area contributed by atoms with E-state index in [9.17, 15) is 19.3 Å². The number of ether oxygens (including phenoxy) is 1. The molecule has 0 N–H and O–H groups in total. The van der Waals surface area contributed by atoms with E-state index in [0.717, 1.165) is 14.5 Å². The molecule has 11 heteroatoms. The third kappa shape index (κ3) is 5.35. The zero-order chi connectivity index (χ0) is 28.5. The number of fused-ring (bicyclic) bond motifs is 2. The summed E-state index contributed by atoms with van der Waals surface area (Å²) in [5.41, 5.74) is 1.36. The molecule has 41 heavy (non-hydrogen) atoms. The molecule has 0 fully saturated rings. The van der Waals surface area contributed by atoms with Crippen LogP contribution in [0.2, 0.25) is 0 Å². The van der Waals surface area contributed by atoms with Gasteiger partial charge >= 0.3 is 5.69 Å². The summed E-state index contributed by atoms with van der Waals surface area (Å²) in [5.74, 6) is 0.149. The van der Waals surface area contributed by atoms with E-state index < -0.39 is 10.5 Å². The van der Waals surface area contributed by atoms with Crippen LogP contribution in [-0.4, -0.2) is 20.8 Å². The van der Waals surface area contributed by atoms with Crippen LogP contribution in [0.1, 0.15) is 11.1 Å². The average Bonchev–Trinajstić information content (AvgIpc) is 3.39. The van der Waals surface area contributed by atoms with Crippen molar-refractivity contribution in [2.24, 2.45) is 5.10 Å². The Morgan fingerprint density at radius 1 is 1.05 bits per heavy atom. The van der Waals surface area contributed by atoms with Gasteiger partial charge in [-0.2, -0.15) is 9.78 Å². The van der Waals surface area contributed by atoms with Gasteiger partial charge in [-0.3, -0.25) is 14.9 Å². The molecule has 0 atom stereocenters. The fourth-order valence-corrected chi connectivity index (χ4v) is 4.64. The van der Waals surface area contributed by atoms with Crippen molar-refractivity contribution in [2.75, 3.05) is 0 Å². The Hall–Kier alpha value is -5.16. The highest BCUT2D eigenvalue weighted by Crippen LogP contribution is 2.30. The van der Waals surface area contributed by atoms with Gasteiger partial charge in [-0.25, -0.2) is 9.37 Å². The van der Waals surface area contributed by atoms with Crippen molar-refractivity contribution >= 4 is 49.7 Å². The van der Waals surface area contributed by atoms with Gasteiger partial charge in [0.15, 0.2) is 11.5 Å². The van der Waals surface area contributed by atoms with Gasteiger partial charge in [-0.05, 0) is 66.2 Å². The summed E-state index contributed by atoms with van der Waals surface area (Å²) in [5, 5.41) is 17.3. The lowest BCUT2D eigenvalue weighted by Gasteiger charge is -2.08. The number of nitro groups is 1. The number of benzene rings is 4. The van der Waals surface area contributed by atoms with E-state index in [2.05, 4.69) is 26.0 Å². The molecule has 0 unspecified atom stereocenters. The zero-order valence-electron chi connectivity index (χ0n) is 21.0. The van der Waals surface area contributed by atoms with Gasteiger partial charge < -0.3 is 9.15 Å². The predicted octanol–water partition coefficient (Wildman–Crippen LogP) is 7.08. The van der Waals surface area contributed by atoms with Gasteiger partial charge in [-0.1, -0.05) is 40.2 Å². The highest BCUT2D eigenvalue weighted by molar-refractivity contribution is 9.10. The molecule has 6 rings (SSSR count). The van der Waals surface area contributed by atoms with Crippen molar-refractivity contribution < 1.29 is 18.5 Å². The molecule has 2 heterocycles. The highest BCUT2D eigenvalue weighted by atomic mass is 79.9. The average molecular weight is 613 g/mol. The van der Waals surface area contributed by atoms with Crippen LogP contribution in [-0.2, 0) is 6.61 Å². The van der Waals surface area contributed by atoms with Crippen molar-refractivity contribution in [3.63, 3.8) is 0 Å². The smallest absolute Gasteiger partial charge is 0.311 e. The van der Waals surface area contributed by atoms with E-state index in [1.807, 2.05) is 12.1 Å². The summed E-state index contributed by atoms with van der Waals surface area (Å²) in [6, 6.07) is 24.1. The Kier molecular flexibility index (Phi) is 6.86. The van der Waals surface area contributed by atoms with Crippen LogP contribution in [0, 0.1) is 15.9 Å². The molecule has 0 amide bonds. The highest BCUT2D eigenvalue weighted by Gasteiger charge is 2.18. The van der Waals surface area contributed by atoms with Crippen molar-refractivity contribution in [1.29, 1.82) is 0 Å². The van der Waals surface area contributed by atoms with Gasteiger partial charge in [0, 0.05) is 21.5 Å². The molecule has 0 spiro atoms. The van der Waals surface area contributed by atoms with Crippen LogP contribution in [0.5, 0.6) is 5.75 Å². The van der Waals surface area contributed by atoms with E-state index in [1.165, 1.54) is 42.6 Å². The zero-order valence-corrected chi connectivity index (χ0v) is 22.6. The maximum absolute atomic E-state index is 13.5. The summed E-state index contributed by atoms with van der Waals surface area (Å²) in [6.45, 7) is 0.0180. The normalized spacial score (nSPS) is 11.5. The van der Waals surface area contributed by atoms with Crippen molar-refractivity contribution in [2.45, 2.75) is 6.61 Å². The molecular weight excluding hydrogens is 595 g/mol. The van der Waals surface area contributed by atoms with Crippen LogP contribution in [0.15, 0.2) is 110 Å². The molecule has 4 aromatic carbocycles. The lowest BCUT2D eigenvalue weighted by atomic mass is 10.2. The second-order valence-electron chi connectivity index (χ2n) is 9.01. The van der Waals surface area contributed by atoms with E-state index >= 15 is 0 Å². The maximum atomic E-state index is 13.5. The Labute approximate surface area is 239 Å². The van der Waals surface area contributed by atoms with Crippen LogP contribution in [0.3, 0.4) is 0 Å². The largest absolute Gasteiger partial charge is 0.482 e. The van der Waals surface area contributed by atoms with Gasteiger partial charge in [0.2, 0.25) is 5.82 Å². The van der Waals surface area contributed by atoms with Gasteiger partial charge in [0.05, 0.1) is 22.0 Å². The lowest BCUT2D eigenvalue weighted by molar-refractivity contribution is -0.385. The summed E-state index contributed by atoms with van der Waals surface area (Å²) in [6.07, 6.45) is 1.33. The van der Waals surface area contributed by atoms with E-state index in [1.54, 1.807) is 42.5 Å². The summed E-state index contributed by atoms with van der Waals surface area (Å²) in [7, 11) is 0. The topological polar surface area (TPSA) is 113 Å². The molecule has 0 saturated carbocycles. The molecule has 0 aliphatic heterocycles. The molecule has 0 aliphatic rings. The molecule has 0 bridgehead atoms. The number of nitrogens with zero attached hydrogens (tertiary/aromatic N) is 4. The number of nitro benzene ring substituents is 1. The van der Waals surface area contributed by atoms with Gasteiger partial charge in [0.25, 0.3) is 5.56 Å². The molecule has 0 aliphatic carbocycles. The van der Waals surface area contributed by atoms with E-state index in [0.29, 0.717) is 33.4 Å². The minimum atomic E-state index is -0.570. The third-order valence-electron chi connectivity index (χ3n) is 6.26. The monoisotopic (exact) mass is 612 g/mol. The summed E-state index contributed by atoms with van der Waals surface area (Å²) >= 11 is 3.45. The molecule has 2 aromatic heterocycles. The summed E-state index contributed by atoms with van der Waals surface area (Å²) < 4.78 is 26.8. The number of rotatable bonds is 7. The van der Waals surface area contributed by atoms with Crippen molar-refractivity contribution in [3.05, 3.63) is 133 Å². The number of para-hydroxylation sites is 1. The second kappa shape index (κ2) is 10.8. The standard InChI is InChI=1S/C30H18BrFN4O5/c31-21-8-12-26-20(14-21)15-28(41-26)29-34-24-4-2-1-3-23(24)30(37)35(29)33-16-19-7-11-27(25(13-19)36(38)39)40-17-18-5-9-22(32)10-6-18/h1-16H,17H2. The van der Waals surface area contributed by atoms with Crippen LogP contribution in [0.25, 0.3) is 33.5 Å². The summed E-state index contributed by atoms with van der Waals surface area (Å²) in [4.78, 5) is 29.4.